The van der Waals surface area contributed by atoms with E-state index in [1.807, 2.05) is 38.1 Å². The van der Waals surface area contributed by atoms with Crippen molar-refractivity contribution in [2.24, 2.45) is 0 Å². The fourth-order valence-corrected chi connectivity index (χ4v) is 7.83. The first-order valence-electron chi connectivity index (χ1n) is 10.5. The summed E-state index contributed by atoms with van der Waals surface area (Å²) in [7, 11) is -7.39. The van der Waals surface area contributed by atoms with Gasteiger partial charge in [0.25, 0.3) is 0 Å². The van der Waals surface area contributed by atoms with Gasteiger partial charge in [0, 0.05) is 5.41 Å². The molecule has 1 heterocycles. The van der Waals surface area contributed by atoms with Gasteiger partial charge in [-0.25, -0.2) is 16.8 Å². The Kier molecular flexibility index (Phi) is 4.85. The molecule has 166 valence electrons. The van der Waals surface area contributed by atoms with Crippen molar-refractivity contribution < 1.29 is 16.8 Å². The van der Waals surface area contributed by atoms with Crippen LogP contribution in [0, 0.1) is 0 Å². The summed E-state index contributed by atoms with van der Waals surface area (Å²) in [6.45, 7) is 4.04. The van der Waals surface area contributed by atoms with Crippen LogP contribution in [-0.4, -0.2) is 16.8 Å². The lowest BCUT2D eigenvalue weighted by molar-refractivity contribution is 0.555. The van der Waals surface area contributed by atoms with Crippen LogP contribution in [0.4, 0.5) is 0 Å². The lowest BCUT2D eigenvalue weighted by Gasteiger charge is -2.34. The van der Waals surface area contributed by atoms with Gasteiger partial charge in [0.2, 0.25) is 19.7 Å². The predicted octanol–water partition coefficient (Wildman–Crippen LogP) is 5.66. The van der Waals surface area contributed by atoms with Gasteiger partial charge in [-0.3, -0.25) is 0 Å². The normalized spacial score (nSPS) is 15.9. The number of hydrogen-bond acceptors (Lipinski definition) is 4. The van der Waals surface area contributed by atoms with E-state index in [2.05, 4.69) is 0 Å². The third kappa shape index (κ3) is 3.33. The Labute approximate surface area is 194 Å². The summed E-state index contributed by atoms with van der Waals surface area (Å²) in [6, 6.07) is 27.4. The van der Waals surface area contributed by atoms with Crippen molar-refractivity contribution in [1.29, 1.82) is 0 Å². The molecule has 0 spiro atoms. The highest BCUT2D eigenvalue weighted by molar-refractivity contribution is 7.92. The minimum atomic E-state index is -3.70. The van der Waals surface area contributed by atoms with Gasteiger partial charge in [-0.2, -0.15) is 0 Å². The molecule has 0 atom stereocenters. The maximum absolute atomic E-state index is 13.5. The molecule has 0 bridgehead atoms. The lowest BCUT2D eigenvalue weighted by Crippen LogP contribution is -2.29. The molecule has 4 aromatic rings. The van der Waals surface area contributed by atoms with Crippen LogP contribution >= 0.6 is 0 Å². The van der Waals surface area contributed by atoms with Crippen molar-refractivity contribution in [3.63, 3.8) is 0 Å². The second kappa shape index (κ2) is 7.40. The van der Waals surface area contributed by atoms with Gasteiger partial charge in [0.15, 0.2) is 0 Å². The summed E-state index contributed by atoms with van der Waals surface area (Å²) in [5.74, 6) is 0. The summed E-state index contributed by atoms with van der Waals surface area (Å²) >= 11 is 0. The number of fused-ring (bicyclic) bond motifs is 2. The molecule has 4 nitrogen and oxygen atoms in total. The Morgan fingerprint density at radius 1 is 0.606 bits per heavy atom. The topological polar surface area (TPSA) is 68.3 Å². The summed E-state index contributed by atoms with van der Waals surface area (Å²) in [5, 5.41) is 0. The van der Waals surface area contributed by atoms with Crippen molar-refractivity contribution in [2.75, 3.05) is 0 Å². The molecule has 0 aliphatic carbocycles. The average molecular weight is 475 g/mol. The molecule has 0 aromatic heterocycles. The standard InChI is InChI=1S/C27H22O4S2/c1-27(2)23-13-6-7-14-25(23)33(30,31)26-18-20(15-16-24(26)27)19-9-8-12-22(17-19)32(28,29)21-10-4-3-5-11-21/h3-18H,1-2H3. The summed E-state index contributed by atoms with van der Waals surface area (Å²) in [6.07, 6.45) is 0. The minimum Gasteiger partial charge on any atom is -0.219 e. The van der Waals surface area contributed by atoms with Crippen LogP contribution in [0.15, 0.2) is 117 Å². The SMILES string of the molecule is CC1(C)c2ccccc2S(=O)(=O)c2cc(-c3cccc(S(=O)(=O)c4ccccc4)c3)ccc21. The van der Waals surface area contributed by atoms with E-state index in [9.17, 15) is 16.8 Å². The highest BCUT2D eigenvalue weighted by atomic mass is 32.2. The van der Waals surface area contributed by atoms with Crippen molar-refractivity contribution in [3.8, 4) is 11.1 Å². The van der Waals surface area contributed by atoms with Gasteiger partial charge < -0.3 is 0 Å². The molecule has 0 N–H and O–H groups in total. The number of rotatable bonds is 3. The maximum atomic E-state index is 13.5. The quantitative estimate of drug-likeness (QED) is 0.384. The fraction of sp³-hybridized carbons (Fsp3) is 0.111. The molecule has 4 aromatic carbocycles. The van der Waals surface area contributed by atoms with Gasteiger partial charge >= 0.3 is 0 Å². The van der Waals surface area contributed by atoms with Gasteiger partial charge in [0.05, 0.1) is 19.6 Å². The number of sulfone groups is 2. The molecular weight excluding hydrogens is 452 g/mol. The van der Waals surface area contributed by atoms with Crippen molar-refractivity contribution in [1.82, 2.24) is 0 Å². The predicted molar refractivity (Wildman–Crippen MR) is 128 cm³/mol. The number of benzene rings is 4. The molecule has 0 radical (unpaired) electrons. The van der Waals surface area contributed by atoms with Gasteiger partial charge in [-0.15, -0.1) is 0 Å². The van der Waals surface area contributed by atoms with Crippen LogP contribution in [0.3, 0.4) is 0 Å². The lowest BCUT2D eigenvalue weighted by atomic mass is 9.77. The van der Waals surface area contributed by atoms with Crippen molar-refractivity contribution >= 4 is 19.7 Å². The first-order valence-corrected chi connectivity index (χ1v) is 13.5. The zero-order chi connectivity index (χ0) is 23.4. The zero-order valence-electron chi connectivity index (χ0n) is 18.2. The first kappa shape index (κ1) is 21.6. The Morgan fingerprint density at radius 3 is 1.97 bits per heavy atom. The van der Waals surface area contributed by atoms with Crippen LogP contribution in [0.1, 0.15) is 25.0 Å². The molecule has 1 aliphatic rings. The molecule has 0 saturated heterocycles. The smallest absolute Gasteiger partial charge is 0.207 e. The molecule has 0 unspecified atom stereocenters. The Morgan fingerprint density at radius 2 is 1.21 bits per heavy atom. The third-order valence-electron chi connectivity index (χ3n) is 6.33. The van der Waals surface area contributed by atoms with E-state index in [0.29, 0.717) is 16.0 Å². The molecule has 33 heavy (non-hydrogen) atoms. The molecule has 5 rings (SSSR count). The molecule has 0 amide bonds. The molecule has 0 saturated carbocycles. The highest BCUT2D eigenvalue weighted by Gasteiger charge is 2.40. The van der Waals surface area contributed by atoms with Crippen molar-refractivity contribution in [2.45, 2.75) is 38.8 Å². The Hall–Kier alpha value is -3.22. The van der Waals surface area contributed by atoms with E-state index in [0.717, 1.165) is 11.1 Å². The van der Waals surface area contributed by atoms with Gasteiger partial charge in [-0.1, -0.05) is 74.5 Å². The summed E-state index contributed by atoms with van der Waals surface area (Å²) < 4.78 is 53.1. The second-order valence-corrected chi connectivity index (χ2v) is 12.5. The van der Waals surface area contributed by atoms with E-state index in [4.69, 9.17) is 0 Å². The van der Waals surface area contributed by atoms with Crippen molar-refractivity contribution in [3.05, 3.63) is 108 Å². The fourth-order valence-electron chi connectivity index (χ4n) is 4.50. The minimum absolute atomic E-state index is 0.164. The van der Waals surface area contributed by atoms with E-state index >= 15 is 0 Å². The monoisotopic (exact) mass is 474 g/mol. The van der Waals surface area contributed by atoms with Crippen LogP contribution in [0.25, 0.3) is 11.1 Å². The molecule has 0 fully saturated rings. The maximum Gasteiger partial charge on any atom is 0.207 e. The zero-order valence-corrected chi connectivity index (χ0v) is 19.8. The largest absolute Gasteiger partial charge is 0.219 e. The Balaban J connectivity index is 1.66. The van der Waals surface area contributed by atoms with E-state index in [1.54, 1.807) is 72.8 Å². The van der Waals surface area contributed by atoms with Crippen LogP contribution < -0.4 is 0 Å². The number of hydrogen-bond donors (Lipinski definition) is 0. The first-order chi connectivity index (χ1) is 15.6. The summed E-state index contributed by atoms with van der Waals surface area (Å²) in [5.41, 5.74) is 2.33. The second-order valence-electron chi connectivity index (χ2n) is 8.68. The molecular formula is C27H22O4S2. The summed E-state index contributed by atoms with van der Waals surface area (Å²) in [4.78, 5) is 0.964. The average Bonchev–Trinajstić information content (AvgIpc) is 2.83. The van der Waals surface area contributed by atoms with E-state index in [1.165, 1.54) is 0 Å². The molecule has 6 heteroatoms. The van der Waals surface area contributed by atoms with Crippen LogP contribution in [0.2, 0.25) is 0 Å². The Bertz CT molecular complexity index is 1600. The molecule has 1 aliphatic heterocycles. The highest BCUT2D eigenvalue weighted by Crippen LogP contribution is 2.46. The van der Waals surface area contributed by atoms with Gasteiger partial charge in [0.1, 0.15) is 0 Å². The van der Waals surface area contributed by atoms with Crippen LogP contribution in [0.5, 0.6) is 0 Å². The van der Waals surface area contributed by atoms with Crippen LogP contribution in [-0.2, 0) is 25.1 Å². The third-order valence-corrected chi connectivity index (χ3v) is 9.94. The van der Waals surface area contributed by atoms with E-state index < -0.39 is 25.1 Å². The van der Waals surface area contributed by atoms with E-state index in [-0.39, 0.29) is 14.7 Å². The van der Waals surface area contributed by atoms with Gasteiger partial charge in [-0.05, 0) is 58.7 Å².